The highest BCUT2D eigenvalue weighted by atomic mass is 16.5. The number of ether oxygens (including phenoxy) is 2. The predicted molar refractivity (Wildman–Crippen MR) is 109 cm³/mol. The van der Waals surface area contributed by atoms with E-state index in [-0.39, 0.29) is 23.6 Å². The molecule has 0 saturated heterocycles. The number of aliphatic hydroxyl groups is 1. The molecule has 2 aromatic carbocycles. The summed E-state index contributed by atoms with van der Waals surface area (Å²) in [5, 5.41) is 19.7. The van der Waals surface area contributed by atoms with Crippen molar-refractivity contribution in [3.05, 3.63) is 65.2 Å². The quantitative estimate of drug-likeness (QED) is 0.267. The number of Topliss-reactive ketones (excluding diaryl/α,β-unsaturated/α-hetero) is 1. The number of methoxy groups -OCH3 is 1. The SMILES string of the molecule is COc1ccc(C(C)=O)cc1CC(=O)OC/C(O)=C(\C#N)c1nc2ccccc2[nH]1. The largest absolute Gasteiger partial charge is 0.507 e. The normalized spacial score (nSPS) is 11.5. The molecule has 1 aromatic heterocycles. The molecule has 3 aromatic rings. The van der Waals surface area contributed by atoms with Crippen LogP contribution in [0.4, 0.5) is 0 Å². The topological polar surface area (TPSA) is 125 Å². The van der Waals surface area contributed by atoms with E-state index in [0.29, 0.717) is 27.9 Å². The smallest absolute Gasteiger partial charge is 0.310 e. The molecule has 30 heavy (non-hydrogen) atoms. The van der Waals surface area contributed by atoms with E-state index in [1.165, 1.54) is 14.0 Å². The van der Waals surface area contributed by atoms with Crippen LogP contribution in [0.3, 0.4) is 0 Å². The molecular formula is C22H19N3O5. The molecule has 0 atom stereocenters. The summed E-state index contributed by atoms with van der Waals surface area (Å²) in [7, 11) is 1.46. The lowest BCUT2D eigenvalue weighted by Gasteiger charge is -2.10. The lowest BCUT2D eigenvalue weighted by atomic mass is 10.0. The fraction of sp³-hybridized carbons (Fsp3) is 0.182. The Morgan fingerprint density at radius 2 is 2.00 bits per heavy atom. The lowest BCUT2D eigenvalue weighted by molar-refractivity contribution is -0.142. The third-order valence-electron chi connectivity index (χ3n) is 4.42. The fourth-order valence-corrected chi connectivity index (χ4v) is 2.89. The molecule has 0 aliphatic carbocycles. The first-order chi connectivity index (χ1) is 14.4. The maximum Gasteiger partial charge on any atom is 0.310 e. The van der Waals surface area contributed by atoms with Crippen LogP contribution in [0.25, 0.3) is 16.6 Å². The minimum atomic E-state index is -0.651. The number of nitriles is 1. The molecule has 8 heteroatoms. The average molecular weight is 405 g/mol. The minimum Gasteiger partial charge on any atom is -0.507 e. The molecular weight excluding hydrogens is 386 g/mol. The number of rotatable bonds is 7. The summed E-state index contributed by atoms with van der Waals surface area (Å²) in [6, 6.07) is 13.8. The van der Waals surface area contributed by atoms with Crippen LogP contribution < -0.4 is 4.74 Å². The van der Waals surface area contributed by atoms with Crippen molar-refractivity contribution < 1.29 is 24.2 Å². The number of nitrogens with zero attached hydrogens (tertiary/aromatic N) is 2. The second-order valence-corrected chi connectivity index (χ2v) is 6.46. The number of H-pyrrole nitrogens is 1. The molecule has 0 aliphatic rings. The molecule has 0 amide bonds. The Hall–Kier alpha value is -4.12. The van der Waals surface area contributed by atoms with Gasteiger partial charge in [-0.15, -0.1) is 0 Å². The molecule has 2 N–H and O–H groups in total. The molecule has 0 fully saturated rings. The number of carbonyl (C=O) groups is 2. The van der Waals surface area contributed by atoms with Crippen LogP contribution in [-0.2, 0) is 16.0 Å². The molecule has 0 bridgehead atoms. The number of ketones is 1. The monoisotopic (exact) mass is 405 g/mol. The van der Waals surface area contributed by atoms with Gasteiger partial charge in [-0.2, -0.15) is 5.26 Å². The van der Waals surface area contributed by atoms with Gasteiger partial charge in [0.25, 0.3) is 0 Å². The maximum absolute atomic E-state index is 12.3. The number of hydrogen-bond donors (Lipinski definition) is 2. The Bertz CT molecular complexity index is 1150. The number of carbonyl (C=O) groups excluding carboxylic acids is 2. The van der Waals surface area contributed by atoms with Crippen molar-refractivity contribution in [3.63, 3.8) is 0 Å². The third-order valence-corrected chi connectivity index (χ3v) is 4.42. The summed E-state index contributed by atoms with van der Waals surface area (Å²) in [5.41, 5.74) is 2.16. The highest BCUT2D eigenvalue weighted by molar-refractivity contribution is 5.94. The summed E-state index contributed by atoms with van der Waals surface area (Å²) in [6.07, 6.45) is -0.163. The first kappa shape index (κ1) is 20.6. The van der Waals surface area contributed by atoms with Crippen molar-refractivity contribution in [2.45, 2.75) is 13.3 Å². The molecule has 1 heterocycles. The van der Waals surface area contributed by atoms with E-state index in [1.807, 2.05) is 12.1 Å². The summed E-state index contributed by atoms with van der Waals surface area (Å²) < 4.78 is 10.3. The minimum absolute atomic E-state index is 0.116. The Labute approximate surface area is 172 Å². The molecule has 0 spiro atoms. The van der Waals surface area contributed by atoms with Crippen molar-refractivity contribution in [1.29, 1.82) is 5.26 Å². The number of aromatic nitrogens is 2. The number of aromatic amines is 1. The number of imidazole rings is 1. The second-order valence-electron chi connectivity index (χ2n) is 6.46. The zero-order valence-corrected chi connectivity index (χ0v) is 16.4. The van der Waals surface area contributed by atoms with E-state index in [4.69, 9.17) is 9.47 Å². The number of hydrogen-bond acceptors (Lipinski definition) is 7. The average Bonchev–Trinajstić information content (AvgIpc) is 3.16. The molecule has 0 radical (unpaired) electrons. The van der Waals surface area contributed by atoms with E-state index < -0.39 is 18.3 Å². The number of benzene rings is 2. The maximum atomic E-state index is 12.3. The summed E-state index contributed by atoms with van der Waals surface area (Å²) in [5.74, 6) is -0.589. The number of allylic oxidation sites excluding steroid dienone is 1. The van der Waals surface area contributed by atoms with Gasteiger partial charge in [0.2, 0.25) is 0 Å². The first-order valence-electron chi connectivity index (χ1n) is 9.03. The lowest BCUT2D eigenvalue weighted by Crippen LogP contribution is -2.12. The zero-order valence-electron chi connectivity index (χ0n) is 16.4. The van der Waals surface area contributed by atoms with Gasteiger partial charge in [0.1, 0.15) is 24.0 Å². The van der Waals surface area contributed by atoms with Gasteiger partial charge >= 0.3 is 5.97 Å². The Morgan fingerprint density at radius 3 is 2.67 bits per heavy atom. The van der Waals surface area contributed by atoms with Gasteiger partial charge < -0.3 is 19.6 Å². The number of esters is 1. The molecule has 0 saturated carbocycles. The van der Waals surface area contributed by atoms with E-state index in [2.05, 4.69) is 9.97 Å². The van der Waals surface area contributed by atoms with E-state index >= 15 is 0 Å². The molecule has 0 aliphatic heterocycles. The van der Waals surface area contributed by atoms with E-state index in [0.717, 1.165) is 0 Å². The van der Waals surface area contributed by atoms with E-state index in [9.17, 15) is 20.0 Å². The van der Waals surface area contributed by atoms with Gasteiger partial charge in [0.15, 0.2) is 17.4 Å². The first-order valence-corrected chi connectivity index (χ1v) is 9.03. The molecule has 0 unspecified atom stereocenters. The predicted octanol–water partition coefficient (Wildman–Crippen LogP) is 3.35. The van der Waals surface area contributed by atoms with Crippen LogP contribution in [0.15, 0.2) is 48.2 Å². The zero-order chi connectivity index (χ0) is 21.7. The third kappa shape index (κ3) is 4.47. The molecule has 8 nitrogen and oxygen atoms in total. The van der Waals surface area contributed by atoms with Crippen LogP contribution in [-0.4, -0.2) is 40.5 Å². The van der Waals surface area contributed by atoms with E-state index in [1.54, 1.807) is 36.4 Å². The standard InChI is InChI=1S/C22H19N3O5/c1-13(26)14-7-8-20(29-2)15(9-14)10-21(28)30-12-19(27)16(11-23)22-24-17-5-3-4-6-18(17)25-22/h3-9,27H,10,12H2,1-2H3,(H,24,25)/b19-16-. The summed E-state index contributed by atoms with van der Waals surface area (Å²) in [4.78, 5) is 31.0. The number of para-hydroxylation sites is 2. The van der Waals surface area contributed by atoms with Crippen molar-refractivity contribution in [2.24, 2.45) is 0 Å². The van der Waals surface area contributed by atoms with Crippen LogP contribution in [0.1, 0.15) is 28.7 Å². The number of fused-ring (bicyclic) bond motifs is 1. The molecule has 3 rings (SSSR count). The van der Waals surface area contributed by atoms with Gasteiger partial charge in [-0.25, -0.2) is 4.98 Å². The van der Waals surface area contributed by atoms with Crippen LogP contribution in [0.5, 0.6) is 5.75 Å². The Kier molecular flexibility index (Phi) is 6.13. The highest BCUT2D eigenvalue weighted by Crippen LogP contribution is 2.22. The van der Waals surface area contributed by atoms with Gasteiger partial charge in [0, 0.05) is 11.1 Å². The molecule has 152 valence electrons. The summed E-state index contributed by atoms with van der Waals surface area (Å²) in [6.45, 7) is 0.932. The summed E-state index contributed by atoms with van der Waals surface area (Å²) >= 11 is 0. The number of aliphatic hydroxyl groups excluding tert-OH is 1. The van der Waals surface area contributed by atoms with Gasteiger partial charge in [-0.3, -0.25) is 9.59 Å². The van der Waals surface area contributed by atoms with Crippen molar-refractivity contribution in [2.75, 3.05) is 13.7 Å². The van der Waals surface area contributed by atoms with Gasteiger partial charge in [0.05, 0.1) is 24.6 Å². The highest BCUT2D eigenvalue weighted by Gasteiger charge is 2.16. The van der Waals surface area contributed by atoms with Crippen molar-refractivity contribution in [1.82, 2.24) is 9.97 Å². The second kappa shape index (κ2) is 8.92. The van der Waals surface area contributed by atoms with Crippen LogP contribution in [0, 0.1) is 11.3 Å². The van der Waals surface area contributed by atoms with Crippen LogP contribution >= 0.6 is 0 Å². The van der Waals surface area contributed by atoms with Gasteiger partial charge in [-0.05, 0) is 37.3 Å². The fourth-order valence-electron chi connectivity index (χ4n) is 2.89. The van der Waals surface area contributed by atoms with Gasteiger partial charge in [-0.1, -0.05) is 12.1 Å². The Balaban J connectivity index is 1.74. The van der Waals surface area contributed by atoms with Crippen LogP contribution in [0.2, 0.25) is 0 Å². The number of nitrogens with one attached hydrogen (secondary N) is 1. The van der Waals surface area contributed by atoms with Crippen molar-refractivity contribution in [3.8, 4) is 11.8 Å². The van der Waals surface area contributed by atoms with Crippen molar-refractivity contribution >= 4 is 28.4 Å². The Morgan fingerprint density at radius 1 is 1.23 bits per heavy atom.